The summed E-state index contributed by atoms with van der Waals surface area (Å²) in [5.74, 6) is 0.643. The third-order valence-electron chi connectivity index (χ3n) is 5.26. The molecule has 2 amide bonds. The number of aromatic amines is 1. The zero-order chi connectivity index (χ0) is 18.4. The second-order valence-electron chi connectivity index (χ2n) is 7.33. The standard InChI is InChI=1S/C18H29N5O3/c24-7-1-6-20-17(25)8-14-4-5-15(23(14)11-13-2-3-13)9-21-18(26)16-10-19-12-22-16/h10,12-15,24H,1-9,11H2,(H,19,22)(H,20,25)(H,21,26)/t14-,15+/m1/s1. The van der Waals surface area contributed by atoms with Crippen molar-refractivity contribution in [2.24, 2.45) is 5.92 Å². The molecule has 3 rings (SSSR count). The highest BCUT2D eigenvalue weighted by Crippen LogP contribution is 2.35. The number of aromatic nitrogens is 2. The molecular formula is C18H29N5O3. The SMILES string of the molecule is O=C(C[C@H]1CC[C@@H](CNC(=O)c2cnc[nH]2)N1CC1CC1)NCCCO. The molecule has 1 saturated heterocycles. The van der Waals surface area contributed by atoms with Crippen molar-refractivity contribution in [1.82, 2.24) is 25.5 Å². The van der Waals surface area contributed by atoms with Crippen molar-refractivity contribution >= 4 is 11.8 Å². The lowest BCUT2D eigenvalue weighted by Crippen LogP contribution is -2.45. The number of aliphatic hydroxyl groups excluding tert-OH is 1. The van der Waals surface area contributed by atoms with Crippen LogP contribution in [0, 0.1) is 5.92 Å². The lowest BCUT2D eigenvalue weighted by Gasteiger charge is -2.30. The van der Waals surface area contributed by atoms with Gasteiger partial charge in [-0.3, -0.25) is 14.5 Å². The van der Waals surface area contributed by atoms with E-state index in [2.05, 4.69) is 25.5 Å². The average Bonchev–Trinajstić information content (AvgIpc) is 3.13. The Kier molecular flexibility index (Phi) is 6.62. The van der Waals surface area contributed by atoms with Gasteiger partial charge in [0, 0.05) is 44.7 Å². The van der Waals surface area contributed by atoms with Crippen LogP contribution in [0.1, 0.15) is 49.0 Å². The summed E-state index contributed by atoms with van der Waals surface area (Å²) >= 11 is 0. The molecule has 0 spiro atoms. The number of nitrogens with zero attached hydrogens (tertiary/aromatic N) is 2. The molecule has 0 unspecified atom stereocenters. The topological polar surface area (TPSA) is 110 Å². The Morgan fingerprint density at radius 2 is 2.04 bits per heavy atom. The summed E-state index contributed by atoms with van der Waals surface area (Å²) in [5, 5.41) is 14.7. The number of carbonyl (C=O) groups is 2. The molecule has 144 valence electrons. The maximum atomic E-state index is 12.1. The van der Waals surface area contributed by atoms with Gasteiger partial charge in [0.2, 0.25) is 5.91 Å². The minimum absolute atomic E-state index is 0.0476. The van der Waals surface area contributed by atoms with Gasteiger partial charge in [-0.2, -0.15) is 0 Å². The van der Waals surface area contributed by atoms with Gasteiger partial charge in [-0.05, 0) is 38.0 Å². The number of likely N-dealkylation sites (tertiary alicyclic amines) is 1. The second kappa shape index (κ2) is 9.14. The Hall–Kier alpha value is -1.93. The molecule has 0 radical (unpaired) electrons. The number of nitrogens with one attached hydrogen (secondary N) is 3. The quantitative estimate of drug-likeness (QED) is 0.446. The Balaban J connectivity index is 1.50. The summed E-state index contributed by atoms with van der Waals surface area (Å²) in [6.07, 6.45) is 8.59. The van der Waals surface area contributed by atoms with Gasteiger partial charge >= 0.3 is 0 Å². The second-order valence-corrected chi connectivity index (χ2v) is 7.33. The van der Waals surface area contributed by atoms with Crippen LogP contribution < -0.4 is 10.6 Å². The van der Waals surface area contributed by atoms with Gasteiger partial charge in [0.05, 0.1) is 12.5 Å². The van der Waals surface area contributed by atoms with Gasteiger partial charge in [0.25, 0.3) is 5.91 Å². The van der Waals surface area contributed by atoms with Crippen molar-refractivity contribution in [2.45, 2.75) is 50.6 Å². The van der Waals surface area contributed by atoms with Crippen molar-refractivity contribution in [3.63, 3.8) is 0 Å². The van der Waals surface area contributed by atoms with E-state index in [4.69, 9.17) is 5.11 Å². The average molecular weight is 363 g/mol. The first-order chi connectivity index (χ1) is 12.7. The smallest absolute Gasteiger partial charge is 0.269 e. The van der Waals surface area contributed by atoms with Crippen LogP contribution in [0.4, 0.5) is 0 Å². The normalized spacial score (nSPS) is 23.1. The van der Waals surface area contributed by atoms with Crippen molar-refractivity contribution in [3.05, 3.63) is 18.2 Å². The molecule has 0 aromatic carbocycles. The maximum Gasteiger partial charge on any atom is 0.269 e. The molecule has 1 aliphatic carbocycles. The first kappa shape index (κ1) is 18.8. The van der Waals surface area contributed by atoms with Crippen molar-refractivity contribution < 1.29 is 14.7 Å². The molecule has 4 N–H and O–H groups in total. The van der Waals surface area contributed by atoms with E-state index in [0.717, 1.165) is 25.3 Å². The molecule has 1 aromatic heterocycles. The summed E-state index contributed by atoms with van der Waals surface area (Å²) in [4.78, 5) is 33.4. The van der Waals surface area contributed by atoms with E-state index in [0.29, 0.717) is 31.6 Å². The molecule has 1 saturated carbocycles. The highest BCUT2D eigenvalue weighted by Gasteiger charge is 2.38. The van der Waals surface area contributed by atoms with E-state index in [1.165, 1.54) is 25.4 Å². The third kappa shape index (κ3) is 5.28. The molecule has 26 heavy (non-hydrogen) atoms. The third-order valence-corrected chi connectivity index (χ3v) is 5.26. The number of rotatable bonds is 10. The van der Waals surface area contributed by atoms with E-state index < -0.39 is 0 Å². The van der Waals surface area contributed by atoms with Crippen LogP contribution in [0.15, 0.2) is 12.5 Å². The number of amides is 2. The Morgan fingerprint density at radius 3 is 2.73 bits per heavy atom. The molecular weight excluding hydrogens is 334 g/mol. The lowest BCUT2D eigenvalue weighted by atomic mass is 10.1. The van der Waals surface area contributed by atoms with Gasteiger partial charge in [0.1, 0.15) is 5.69 Å². The summed E-state index contributed by atoms with van der Waals surface area (Å²) in [6, 6.07) is 0.511. The van der Waals surface area contributed by atoms with E-state index in [-0.39, 0.29) is 30.5 Å². The number of hydrogen-bond donors (Lipinski definition) is 4. The van der Waals surface area contributed by atoms with Crippen LogP contribution in [0.25, 0.3) is 0 Å². The molecule has 8 nitrogen and oxygen atoms in total. The highest BCUT2D eigenvalue weighted by atomic mass is 16.3. The zero-order valence-corrected chi connectivity index (χ0v) is 15.1. The van der Waals surface area contributed by atoms with E-state index >= 15 is 0 Å². The first-order valence-corrected chi connectivity index (χ1v) is 9.57. The predicted molar refractivity (Wildman–Crippen MR) is 96.5 cm³/mol. The Morgan fingerprint density at radius 1 is 1.23 bits per heavy atom. The molecule has 1 aliphatic heterocycles. The van der Waals surface area contributed by atoms with Crippen molar-refractivity contribution in [3.8, 4) is 0 Å². The Bertz CT molecular complexity index is 588. The van der Waals surface area contributed by atoms with Crippen LogP contribution in [0.2, 0.25) is 0 Å². The number of aliphatic hydroxyl groups is 1. The fourth-order valence-electron chi connectivity index (χ4n) is 3.63. The molecule has 2 heterocycles. The monoisotopic (exact) mass is 363 g/mol. The van der Waals surface area contributed by atoms with Crippen LogP contribution in [0.5, 0.6) is 0 Å². The molecule has 2 aliphatic rings. The van der Waals surface area contributed by atoms with Crippen LogP contribution >= 0.6 is 0 Å². The number of H-pyrrole nitrogens is 1. The molecule has 8 heteroatoms. The molecule has 1 aromatic rings. The summed E-state index contributed by atoms with van der Waals surface area (Å²) < 4.78 is 0. The zero-order valence-electron chi connectivity index (χ0n) is 15.1. The van der Waals surface area contributed by atoms with Gasteiger partial charge < -0.3 is 20.7 Å². The van der Waals surface area contributed by atoms with E-state index in [9.17, 15) is 9.59 Å². The fraction of sp³-hybridized carbons (Fsp3) is 0.722. The first-order valence-electron chi connectivity index (χ1n) is 9.57. The summed E-state index contributed by atoms with van der Waals surface area (Å²) in [5.41, 5.74) is 0.469. The highest BCUT2D eigenvalue weighted by molar-refractivity contribution is 5.91. The lowest BCUT2D eigenvalue weighted by molar-refractivity contribution is -0.122. The van der Waals surface area contributed by atoms with E-state index in [1.807, 2.05) is 0 Å². The summed E-state index contributed by atoms with van der Waals surface area (Å²) in [7, 11) is 0. The number of hydrogen-bond acceptors (Lipinski definition) is 5. The maximum absolute atomic E-state index is 12.1. The summed E-state index contributed by atoms with van der Waals surface area (Å²) in [6.45, 7) is 2.22. The van der Waals surface area contributed by atoms with Crippen LogP contribution in [-0.2, 0) is 4.79 Å². The van der Waals surface area contributed by atoms with Crippen LogP contribution in [-0.4, -0.2) is 70.1 Å². The van der Waals surface area contributed by atoms with E-state index in [1.54, 1.807) is 0 Å². The minimum Gasteiger partial charge on any atom is -0.396 e. The minimum atomic E-state index is -0.140. The molecule has 0 bridgehead atoms. The predicted octanol–water partition coefficient (Wildman–Crippen LogP) is 0.271. The van der Waals surface area contributed by atoms with Gasteiger partial charge in [-0.15, -0.1) is 0 Å². The van der Waals surface area contributed by atoms with Crippen LogP contribution in [0.3, 0.4) is 0 Å². The van der Waals surface area contributed by atoms with Gasteiger partial charge in [0.15, 0.2) is 0 Å². The van der Waals surface area contributed by atoms with Crippen molar-refractivity contribution in [2.75, 3.05) is 26.2 Å². The largest absolute Gasteiger partial charge is 0.396 e. The van der Waals surface area contributed by atoms with Gasteiger partial charge in [-0.1, -0.05) is 0 Å². The van der Waals surface area contributed by atoms with Gasteiger partial charge in [-0.25, -0.2) is 4.98 Å². The number of carbonyl (C=O) groups excluding carboxylic acids is 2. The molecule has 2 fully saturated rings. The van der Waals surface area contributed by atoms with Crippen molar-refractivity contribution in [1.29, 1.82) is 0 Å². The number of imidazole rings is 1. The molecule has 2 atom stereocenters. The fourth-order valence-corrected chi connectivity index (χ4v) is 3.63. The Labute approximate surface area is 153 Å².